The highest BCUT2D eigenvalue weighted by Gasteiger charge is 2.26. The molecule has 0 radical (unpaired) electrons. The molecule has 1 amide bonds. The van der Waals surface area contributed by atoms with Crippen molar-refractivity contribution in [2.45, 2.75) is 33.2 Å². The number of halogens is 1. The van der Waals surface area contributed by atoms with E-state index in [2.05, 4.69) is 5.10 Å². The van der Waals surface area contributed by atoms with Crippen LogP contribution >= 0.6 is 0 Å². The van der Waals surface area contributed by atoms with Crippen molar-refractivity contribution in [2.24, 2.45) is 5.92 Å². The van der Waals surface area contributed by atoms with Crippen LogP contribution in [-0.4, -0.2) is 40.3 Å². The van der Waals surface area contributed by atoms with Crippen LogP contribution in [0.5, 0.6) is 5.75 Å². The largest absolute Gasteiger partial charge is 0.490 e. The number of carbonyl (C=O) groups is 1. The highest BCUT2D eigenvalue weighted by atomic mass is 19.1. The van der Waals surface area contributed by atoms with Crippen molar-refractivity contribution < 1.29 is 13.9 Å². The number of para-hydroxylation sites is 1. The second-order valence-corrected chi connectivity index (χ2v) is 6.49. The number of hydrogen-bond donors (Lipinski definition) is 0. The van der Waals surface area contributed by atoms with Gasteiger partial charge in [-0.3, -0.25) is 9.48 Å². The molecule has 0 N–H and O–H groups in total. The number of nitrogens with zero attached hydrogens (tertiary/aromatic N) is 3. The van der Waals surface area contributed by atoms with E-state index in [9.17, 15) is 9.18 Å². The zero-order valence-corrected chi connectivity index (χ0v) is 14.7. The number of hydrogen-bond acceptors (Lipinski definition) is 3. The molecule has 1 aliphatic heterocycles. The minimum atomic E-state index is -0.355. The number of aromatic nitrogens is 2. The van der Waals surface area contributed by atoms with Crippen LogP contribution in [0, 0.1) is 18.7 Å². The summed E-state index contributed by atoms with van der Waals surface area (Å²) in [4.78, 5) is 14.5. The minimum absolute atomic E-state index is 0.0362. The molecular formula is C19H24FN3O2. The summed E-state index contributed by atoms with van der Waals surface area (Å²) in [6.07, 6.45) is 1.89. The molecule has 1 aliphatic rings. The van der Waals surface area contributed by atoms with Crippen LogP contribution in [-0.2, 0) is 6.54 Å². The molecule has 0 bridgehead atoms. The summed E-state index contributed by atoms with van der Waals surface area (Å²) in [6, 6.07) is 8.24. The summed E-state index contributed by atoms with van der Waals surface area (Å²) in [5.41, 5.74) is 1.48. The molecule has 2 heterocycles. The Labute approximate surface area is 147 Å². The monoisotopic (exact) mass is 345 g/mol. The van der Waals surface area contributed by atoms with Crippen molar-refractivity contribution in [3.05, 3.63) is 47.5 Å². The second-order valence-electron chi connectivity index (χ2n) is 6.49. The fraction of sp³-hybridized carbons (Fsp3) is 0.474. The quantitative estimate of drug-likeness (QED) is 0.835. The molecule has 1 aromatic carbocycles. The van der Waals surface area contributed by atoms with Gasteiger partial charge in [0, 0.05) is 31.2 Å². The van der Waals surface area contributed by atoms with Crippen LogP contribution in [0.3, 0.4) is 0 Å². The fourth-order valence-electron chi connectivity index (χ4n) is 3.25. The number of rotatable bonds is 5. The Kier molecular flexibility index (Phi) is 5.36. The average Bonchev–Trinajstić information content (AvgIpc) is 3.01. The predicted molar refractivity (Wildman–Crippen MR) is 93.2 cm³/mol. The van der Waals surface area contributed by atoms with Gasteiger partial charge >= 0.3 is 0 Å². The first-order chi connectivity index (χ1) is 12.1. The van der Waals surface area contributed by atoms with Crippen molar-refractivity contribution in [3.63, 3.8) is 0 Å². The first-order valence-electron chi connectivity index (χ1n) is 8.79. The Morgan fingerprint density at radius 2 is 2.20 bits per heavy atom. The van der Waals surface area contributed by atoms with Gasteiger partial charge in [-0.1, -0.05) is 12.1 Å². The van der Waals surface area contributed by atoms with Crippen molar-refractivity contribution in [1.82, 2.24) is 14.7 Å². The standard InChI is InChI=1S/C19H24FN3O2/c1-3-23-14(2)11-17(21-23)19(24)22-10-6-7-15(12-22)13-25-18-9-5-4-8-16(18)20/h4-5,8-9,11,15H,3,6-7,10,12-13H2,1-2H3/t15-/m0/s1. The normalized spacial score (nSPS) is 17.6. The summed E-state index contributed by atoms with van der Waals surface area (Å²) in [6.45, 7) is 6.46. The highest BCUT2D eigenvalue weighted by Crippen LogP contribution is 2.22. The van der Waals surface area contributed by atoms with Crippen LogP contribution < -0.4 is 4.74 Å². The molecule has 5 nitrogen and oxygen atoms in total. The third kappa shape index (κ3) is 4.00. The molecule has 1 aromatic heterocycles. The molecule has 1 saturated heterocycles. The van der Waals surface area contributed by atoms with E-state index < -0.39 is 0 Å². The minimum Gasteiger partial charge on any atom is -0.490 e. The Hall–Kier alpha value is -2.37. The van der Waals surface area contributed by atoms with Gasteiger partial charge in [-0.25, -0.2) is 4.39 Å². The van der Waals surface area contributed by atoms with E-state index in [4.69, 9.17) is 4.74 Å². The number of aryl methyl sites for hydroxylation is 2. The fourth-order valence-corrected chi connectivity index (χ4v) is 3.25. The summed E-state index contributed by atoms with van der Waals surface area (Å²) in [5, 5.41) is 4.38. The van der Waals surface area contributed by atoms with Gasteiger partial charge < -0.3 is 9.64 Å². The van der Waals surface area contributed by atoms with Gasteiger partial charge in [0.2, 0.25) is 0 Å². The lowest BCUT2D eigenvalue weighted by Gasteiger charge is -2.32. The van der Waals surface area contributed by atoms with Crippen molar-refractivity contribution in [2.75, 3.05) is 19.7 Å². The third-order valence-electron chi connectivity index (χ3n) is 4.62. The van der Waals surface area contributed by atoms with Gasteiger partial charge in [0.15, 0.2) is 17.3 Å². The molecule has 134 valence electrons. The Morgan fingerprint density at radius 1 is 1.40 bits per heavy atom. The summed E-state index contributed by atoms with van der Waals surface area (Å²) >= 11 is 0. The topological polar surface area (TPSA) is 47.4 Å². The van der Waals surface area contributed by atoms with Gasteiger partial charge in [0.1, 0.15) is 0 Å². The lowest BCUT2D eigenvalue weighted by Crippen LogP contribution is -2.41. The number of benzene rings is 1. The van der Waals surface area contributed by atoms with E-state index in [0.717, 1.165) is 31.6 Å². The molecule has 1 atom stereocenters. The van der Waals surface area contributed by atoms with E-state index in [1.54, 1.807) is 18.2 Å². The van der Waals surface area contributed by atoms with Crippen molar-refractivity contribution in [3.8, 4) is 5.75 Å². The average molecular weight is 345 g/mol. The Bertz CT molecular complexity index is 744. The predicted octanol–water partition coefficient (Wildman–Crippen LogP) is 3.28. The number of piperidine rings is 1. The van der Waals surface area contributed by atoms with Gasteiger partial charge in [0.25, 0.3) is 5.91 Å². The molecular weight excluding hydrogens is 321 g/mol. The smallest absolute Gasteiger partial charge is 0.274 e. The Morgan fingerprint density at radius 3 is 2.92 bits per heavy atom. The number of amides is 1. The first kappa shape index (κ1) is 17.5. The zero-order valence-electron chi connectivity index (χ0n) is 14.7. The van der Waals surface area contributed by atoms with Crippen LogP contribution in [0.2, 0.25) is 0 Å². The molecule has 0 saturated carbocycles. The number of carbonyl (C=O) groups excluding carboxylic acids is 1. The molecule has 1 fully saturated rings. The molecule has 3 rings (SSSR count). The van der Waals surface area contributed by atoms with E-state index in [1.807, 2.05) is 29.5 Å². The third-order valence-corrected chi connectivity index (χ3v) is 4.62. The Balaban J connectivity index is 1.60. The summed E-state index contributed by atoms with van der Waals surface area (Å²) in [7, 11) is 0. The first-order valence-corrected chi connectivity index (χ1v) is 8.79. The van der Waals surface area contributed by atoms with Gasteiger partial charge in [-0.05, 0) is 44.9 Å². The number of ether oxygens (including phenoxy) is 1. The van der Waals surface area contributed by atoms with Crippen LogP contribution in [0.4, 0.5) is 4.39 Å². The molecule has 6 heteroatoms. The van der Waals surface area contributed by atoms with Crippen LogP contribution in [0.15, 0.2) is 30.3 Å². The molecule has 25 heavy (non-hydrogen) atoms. The lowest BCUT2D eigenvalue weighted by molar-refractivity contribution is 0.0624. The van der Waals surface area contributed by atoms with E-state index >= 15 is 0 Å². The summed E-state index contributed by atoms with van der Waals surface area (Å²) < 4.78 is 21.1. The summed E-state index contributed by atoms with van der Waals surface area (Å²) in [5.74, 6) is 0.0765. The zero-order chi connectivity index (χ0) is 17.8. The SMILES string of the molecule is CCn1nc(C(=O)N2CCC[C@H](COc3ccccc3F)C2)cc1C. The van der Waals surface area contributed by atoms with Crippen LogP contribution in [0.25, 0.3) is 0 Å². The van der Waals surface area contributed by atoms with Gasteiger partial charge in [0.05, 0.1) is 6.61 Å². The molecule has 0 unspecified atom stereocenters. The van der Waals surface area contributed by atoms with Gasteiger partial charge in [-0.15, -0.1) is 0 Å². The highest BCUT2D eigenvalue weighted by molar-refractivity contribution is 5.92. The van der Waals surface area contributed by atoms with E-state index in [1.165, 1.54) is 6.07 Å². The number of likely N-dealkylation sites (tertiary alicyclic amines) is 1. The maximum absolute atomic E-state index is 13.6. The maximum Gasteiger partial charge on any atom is 0.274 e. The van der Waals surface area contributed by atoms with Crippen molar-refractivity contribution >= 4 is 5.91 Å². The van der Waals surface area contributed by atoms with Gasteiger partial charge in [-0.2, -0.15) is 5.10 Å². The van der Waals surface area contributed by atoms with E-state index in [0.29, 0.717) is 18.8 Å². The second kappa shape index (κ2) is 7.68. The molecule has 0 aliphatic carbocycles. The van der Waals surface area contributed by atoms with Crippen molar-refractivity contribution in [1.29, 1.82) is 0 Å². The molecule has 0 spiro atoms. The van der Waals surface area contributed by atoms with Crippen LogP contribution in [0.1, 0.15) is 35.9 Å². The lowest BCUT2D eigenvalue weighted by atomic mass is 9.98. The maximum atomic E-state index is 13.6. The molecule has 2 aromatic rings. The van der Waals surface area contributed by atoms with E-state index in [-0.39, 0.29) is 23.4 Å².